The first-order valence-corrected chi connectivity index (χ1v) is 13.1. The molecule has 1 fully saturated rings. The Morgan fingerprint density at radius 2 is 1.81 bits per heavy atom. The number of rotatable bonds is 10. The third-order valence-electron chi connectivity index (χ3n) is 7.16. The number of carbonyl (C=O) groups excluding carboxylic acids is 1. The van der Waals surface area contributed by atoms with Crippen LogP contribution in [-0.2, 0) is 17.9 Å². The van der Waals surface area contributed by atoms with Crippen LogP contribution in [0.1, 0.15) is 47.7 Å². The number of unbranched alkanes of at least 4 members (excludes halogenated alkanes) is 1. The molecule has 1 saturated heterocycles. The van der Waals surface area contributed by atoms with E-state index < -0.39 is 0 Å². The minimum absolute atomic E-state index is 0.0876. The molecule has 0 bridgehead atoms. The summed E-state index contributed by atoms with van der Waals surface area (Å²) in [6.45, 7) is 7.02. The fourth-order valence-electron chi connectivity index (χ4n) is 5.21. The lowest BCUT2D eigenvalue weighted by molar-refractivity contribution is -0.128. The van der Waals surface area contributed by atoms with Gasteiger partial charge in [-0.15, -0.1) is 0 Å². The number of likely N-dealkylation sites (tertiary alicyclic amines) is 1. The number of hydrogen-bond donors (Lipinski definition) is 0. The van der Waals surface area contributed by atoms with Gasteiger partial charge in [0.15, 0.2) is 0 Å². The molecule has 0 aliphatic carbocycles. The molecule has 0 spiro atoms. The molecular weight excluding hydrogens is 462 g/mol. The highest BCUT2D eigenvalue weighted by molar-refractivity contribution is 5.81. The zero-order chi connectivity index (χ0) is 25.8. The van der Waals surface area contributed by atoms with Crippen LogP contribution in [0, 0.1) is 13.8 Å². The molecule has 37 heavy (non-hydrogen) atoms. The Hall–Kier alpha value is -3.80. The second kappa shape index (κ2) is 11.1. The minimum Gasteiger partial charge on any atom is -0.497 e. The number of nitrogens with zero attached hydrogens (tertiary/aromatic N) is 3. The Bertz CT molecular complexity index is 1380. The van der Waals surface area contributed by atoms with Gasteiger partial charge in [-0.25, -0.2) is 4.98 Å². The lowest BCUT2D eigenvalue weighted by atomic mass is 10.1. The van der Waals surface area contributed by atoms with Gasteiger partial charge in [0.2, 0.25) is 5.91 Å². The maximum atomic E-state index is 12.9. The number of aromatic nitrogens is 2. The van der Waals surface area contributed by atoms with E-state index in [0.717, 1.165) is 53.3 Å². The summed E-state index contributed by atoms with van der Waals surface area (Å²) in [4.78, 5) is 19.9. The number of fused-ring (bicyclic) bond motifs is 1. The highest BCUT2D eigenvalue weighted by Crippen LogP contribution is 2.32. The van der Waals surface area contributed by atoms with Gasteiger partial charge in [-0.05, 0) is 68.1 Å². The summed E-state index contributed by atoms with van der Waals surface area (Å²) in [6.07, 6.45) is 2.43. The van der Waals surface area contributed by atoms with E-state index in [2.05, 4.69) is 54.8 Å². The maximum Gasteiger partial charge on any atom is 0.223 e. The first-order valence-electron chi connectivity index (χ1n) is 13.1. The second-order valence-electron chi connectivity index (χ2n) is 9.96. The highest BCUT2D eigenvalue weighted by atomic mass is 16.5. The summed E-state index contributed by atoms with van der Waals surface area (Å²) < 4.78 is 13.6. The fourth-order valence-corrected chi connectivity index (χ4v) is 5.21. The second-order valence-corrected chi connectivity index (χ2v) is 9.96. The predicted octanol–water partition coefficient (Wildman–Crippen LogP) is 6.04. The number of amides is 1. The molecule has 1 unspecified atom stereocenters. The van der Waals surface area contributed by atoms with Crippen molar-refractivity contribution in [3.63, 3.8) is 0 Å². The van der Waals surface area contributed by atoms with Crippen molar-refractivity contribution in [2.24, 2.45) is 0 Å². The van der Waals surface area contributed by atoms with E-state index in [1.165, 1.54) is 11.1 Å². The molecule has 1 aliphatic heterocycles. The van der Waals surface area contributed by atoms with Gasteiger partial charge < -0.3 is 18.9 Å². The Morgan fingerprint density at radius 1 is 1.00 bits per heavy atom. The summed E-state index contributed by atoms with van der Waals surface area (Å²) >= 11 is 0. The molecule has 1 aromatic heterocycles. The molecule has 6 heteroatoms. The highest BCUT2D eigenvalue weighted by Gasteiger charge is 2.34. The Kier molecular flexibility index (Phi) is 7.45. The van der Waals surface area contributed by atoms with Crippen molar-refractivity contribution in [3.8, 4) is 11.5 Å². The number of imidazole rings is 1. The molecule has 4 aromatic rings. The first-order chi connectivity index (χ1) is 18.0. The number of hydrogen-bond acceptors (Lipinski definition) is 4. The van der Waals surface area contributed by atoms with Crippen LogP contribution in [-0.4, -0.2) is 40.6 Å². The molecule has 3 aromatic carbocycles. The van der Waals surface area contributed by atoms with Gasteiger partial charge in [-0.3, -0.25) is 4.79 Å². The average Bonchev–Trinajstić information content (AvgIpc) is 3.45. The topological polar surface area (TPSA) is 56.6 Å². The molecule has 5 rings (SSSR count). The lowest BCUT2D eigenvalue weighted by Crippen LogP contribution is -2.24. The van der Waals surface area contributed by atoms with Crippen molar-refractivity contribution in [2.45, 2.75) is 52.1 Å². The fraction of sp³-hybridized carbons (Fsp3) is 0.355. The molecule has 0 N–H and O–H groups in total. The zero-order valence-corrected chi connectivity index (χ0v) is 21.9. The van der Waals surface area contributed by atoms with Crippen LogP contribution in [0.15, 0.2) is 66.7 Å². The smallest absolute Gasteiger partial charge is 0.223 e. The number of para-hydroxylation sites is 2. The zero-order valence-electron chi connectivity index (χ0n) is 21.9. The average molecular weight is 498 g/mol. The van der Waals surface area contributed by atoms with E-state index in [1.54, 1.807) is 7.11 Å². The van der Waals surface area contributed by atoms with Crippen LogP contribution < -0.4 is 9.47 Å². The normalized spacial score (nSPS) is 15.5. The molecule has 1 aliphatic rings. The van der Waals surface area contributed by atoms with Crippen LogP contribution in [0.25, 0.3) is 11.0 Å². The van der Waals surface area contributed by atoms with Crippen molar-refractivity contribution in [2.75, 3.05) is 20.3 Å². The molecule has 0 radical (unpaired) electrons. The van der Waals surface area contributed by atoms with Gasteiger partial charge in [0.1, 0.15) is 17.3 Å². The Morgan fingerprint density at radius 3 is 2.59 bits per heavy atom. The maximum absolute atomic E-state index is 12.9. The number of aryl methyl sites for hydroxylation is 3. The van der Waals surface area contributed by atoms with E-state index in [-0.39, 0.29) is 11.8 Å². The summed E-state index contributed by atoms with van der Waals surface area (Å²) in [6, 6.07) is 22.5. The van der Waals surface area contributed by atoms with Crippen molar-refractivity contribution in [3.05, 3.63) is 89.2 Å². The molecular formula is C31H35N3O3. The van der Waals surface area contributed by atoms with Crippen LogP contribution in [0.5, 0.6) is 11.5 Å². The van der Waals surface area contributed by atoms with E-state index in [1.807, 2.05) is 35.2 Å². The summed E-state index contributed by atoms with van der Waals surface area (Å²) in [7, 11) is 1.66. The summed E-state index contributed by atoms with van der Waals surface area (Å²) in [5, 5.41) is 0. The predicted molar refractivity (Wildman–Crippen MR) is 146 cm³/mol. The summed E-state index contributed by atoms with van der Waals surface area (Å²) in [5.74, 6) is 3.07. The van der Waals surface area contributed by atoms with Gasteiger partial charge in [-0.1, -0.05) is 42.0 Å². The Balaban J connectivity index is 1.25. The minimum atomic E-state index is 0.0876. The molecule has 6 nitrogen and oxygen atoms in total. The lowest BCUT2D eigenvalue weighted by Gasteiger charge is -2.18. The summed E-state index contributed by atoms with van der Waals surface area (Å²) in [5.41, 5.74) is 5.65. The standard InChI is InChI=1S/C31H35N3O3/c1-22-10-15-29(23(2)18-22)37-17-7-6-16-34-28-9-5-4-8-27(28)32-31(34)25-19-30(35)33(21-25)20-24-11-13-26(36-3)14-12-24/h4-5,8-15,18,25H,6-7,16-17,19-21H2,1-3H3. The third kappa shape index (κ3) is 5.63. The van der Waals surface area contributed by atoms with Crippen LogP contribution in [0.3, 0.4) is 0 Å². The van der Waals surface area contributed by atoms with Crippen LogP contribution in [0.2, 0.25) is 0 Å². The van der Waals surface area contributed by atoms with Gasteiger partial charge >= 0.3 is 0 Å². The quantitative estimate of drug-likeness (QED) is 0.251. The molecule has 1 amide bonds. The van der Waals surface area contributed by atoms with Gasteiger partial charge in [0.05, 0.1) is 24.8 Å². The van der Waals surface area contributed by atoms with Crippen molar-refractivity contribution < 1.29 is 14.3 Å². The molecule has 1 atom stereocenters. The van der Waals surface area contributed by atoms with E-state index in [0.29, 0.717) is 26.1 Å². The third-order valence-corrected chi connectivity index (χ3v) is 7.16. The molecule has 0 saturated carbocycles. The van der Waals surface area contributed by atoms with Crippen molar-refractivity contribution in [1.82, 2.24) is 14.5 Å². The van der Waals surface area contributed by atoms with Crippen LogP contribution >= 0.6 is 0 Å². The number of carbonyl (C=O) groups is 1. The SMILES string of the molecule is COc1ccc(CN2CC(c3nc4ccccc4n3CCCCOc3ccc(C)cc3C)CC2=O)cc1. The molecule has 2 heterocycles. The van der Waals surface area contributed by atoms with Crippen molar-refractivity contribution in [1.29, 1.82) is 0 Å². The number of benzene rings is 3. The van der Waals surface area contributed by atoms with Gasteiger partial charge in [0, 0.05) is 32.0 Å². The van der Waals surface area contributed by atoms with Gasteiger partial charge in [-0.2, -0.15) is 0 Å². The largest absolute Gasteiger partial charge is 0.497 e. The molecule has 192 valence electrons. The first kappa shape index (κ1) is 24.9. The van der Waals surface area contributed by atoms with E-state index in [9.17, 15) is 4.79 Å². The van der Waals surface area contributed by atoms with E-state index in [4.69, 9.17) is 14.5 Å². The Labute approximate surface area is 218 Å². The van der Waals surface area contributed by atoms with Crippen LogP contribution in [0.4, 0.5) is 0 Å². The number of methoxy groups -OCH3 is 1. The monoisotopic (exact) mass is 497 g/mol. The van der Waals surface area contributed by atoms with Crippen molar-refractivity contribution >= 4 is 16.9 Å². The number of ether oxygens (including phenoxy) is 2. The van der Waals surface area contributed by atoms with Gasteiger partial charge in [0.25, 0.3) is 0 Å². The van der Waals surface area contributed by atoms with E-state index >= 15 is 0 Å².